The molecule has 8 heteroatoms. The van der Waals surface area contributed by atoms with Crippen molar-refractivity contribution in [3.63, 3.8) is 0 Å². The standard InChI is InChI=1S/C19H31N3O5/c1-21-8-10-22(11-9-21)7-5-6-20-18(23)14-27-15-12-16(24-2)19(26-4)17(13-15)25-3/h12-13H,5-11,14H2,1-4H3,(H,20,23). The van der Waals surface area contributed by atoms with Gasteiger partial charge in [-0.25, -0.2) is 0 Å². The molecule has 1 amide bonds. The van der Waals surface area contributed by atoms with Crippen LogP contribution in [0, 0.1) is 0 Å². The van der Waals surface area contributed by atoms with E-state index in [2.05, 4.69) is 22.2 Å². The Morgan fingerprint density at radius 1 is 1.04 bits per heavy atom. The summed E-state index contributed by atoms with van der Waals surface area (Å²) in [5, 5.41) is 2.89. The number of carbonyl (C=O) groups is 1. The number of methoxy groups -OCH3 is 3. The van der Waals surface area contributed by atoms with Gasteiger partial charge in [0.1, 0.15) is 5.75 Å². The van der Waals surface area contributed by atoms with Crippen LogP contribution >= 0.6 is 0 Å². The monoisotopic (exact) mass is 381 g/mol. The molecule has 152 valence electrons. The van der Waals surface area contributed by atoms with Crippen molar-refractivity contribution < 1.29 is 23.7 Å². The molecule has 1 heterocycles. The van der Waals surface area contributed by atoms with E-state index in [1.807, 2.05) is 0 Å². The zero-order chi connectivity index (χ0) is 19.6. The van der Waals surface area contributed by atoms with Crippen molar-refractivity contribution in [3.05, 3.63) is 12.1 Å². The van der Waals surface area contributed by atoms with Crippen molar-refractivity contribution in [1.29, 1.82) is 0 Å². The third-order valence-electron chi connectivity index (χ3n) is 4.58. The van der Waals surface area contributed by atoms with Crippen LogP contribution in [0.1, 0.15) is 6.42 Å². The molecule has 1 aliphatic heterocycles. The first kappa shape index (κ1) is 21.1. The molecule has 1 fully saturated rings. The summed E-state index contributed by atoms with van der Waals surface area (Å²) in [6.07, 6.45) is 0.930. The third kappa shape index (κ3) is 6.48. The fraction of sp³-hybridized carbons (Fsp3) is 0.632. The first-order valence-corrected chi connectivity index (χ1v) is 9.17. The summed E-state index contributed by atoms with van der Waals surface area (Å²) >= 11 is 0. The lowest BCUT2D eigenvalue weighted by Gasteiger charge is -2.32. The fourth-order valence-corrected chi connectivity index (χ4v) is 2.94. The third-order valence-corrected chi connectivity index (χ3v) is 4.58. The molecular formula is C19H31N3O5. The normalized spacial score (nSPS) is 15.3. The van der Waals surface area contributed by atoms with E-state index >= 15 is 0 Å². The van der Waals surface area contributed by atoms with Gasteiger partial charge in [-0.1, -0.05) is 0 Å². The minimum atomic E-state index is -0.151. The quantitative estimate of drug-likeness (QED) is 0.602. The molecular weight excluding hydrogens is 350 g/mol. The van der Waals surface area contributed by atoms with Crippen LogP contribution in [0.5, 0.6) is 23.0 Å². The molecule has 0 radical (unpaired) electrons. The number of nitrogens with zero attached hydrogens (tertiary/aromatic N) is 2. The van der Waals surface area contributed by atoms with Gasteiger partial charge in [0.2, 0.25) is 5.75 Å². The number of carbonyl (C=O) groups excluding carboxylic acids is 1. The van der Waals surface area contributed by atoms with E-state index in [4.69, 9.17) is 18.9 Å². The largest absolute Gasteiger partial charge is 0.493 e. The van der Waals surface area contributed by atoms with Gasteiger partial charge in [0.05, 0.1) is 21.3 Å². The first-order chi connectivity index (χ1) is 13.1. The highest BCUT2D eigenvalue weighted by Gasteiger charge is 2.15. The lowest BCUT2D eigenvalue weighted by molar-refractivity contribution is -0.123. The summed E-state index contributed by atoms with van der Waals surface area (Å²) in [4.78, 5) is 16.8. The van der Waals surface area contributed by atoms with Gasteiger partial charge in [0.15, 0.2) is 18.1 Å². The fourth-order valence-electron chi connectivity index (χ4n) is 2.94. The molecule has 1 N–H and O–H groups in total. The van der Waals surface area contributed by atoms with Crippen LogP contribution < -0.4 is 24.3 Å². The van der Waals surface area contributed by atoms with Crippen LogP contribution in [-0.4, -0.2) is 90.0 Å². The van der Waals surface area contributed by atoms with Crippen molar-refractivity contribution >= 4 is 5.91 Å². The lowest BCUT2D eigenvalue weighted by atomic mass is 10.2. The van der Waals surface area contributed by atoms with Crippen molar-refractivity contribution in [1.82, 2.24) is 15.1 Å². The summed E-state index contributed by atoms with van der Waals surface area (Å²) < 4.78 is 21.4. The molecule has 0 aromatic heterocycles. The summed E-state index contributed by atoms with van der Waals surface area (Å²) in [5.74, 6) is 1.79. The van der Waals surface area contributed by atoms with Crippen LogP contribution in [0.25, 0.3) is 0 Å². The molecule has 8 nitrogen and oxygen atoms in total. The van der Waals surface area contributed by atoms with E-state index in [1.165, 1.54) is 21.3 Å². The van der Waals surface area contributed by atoms with Gasteiger partial charge in [0, 0.05) is 44.9 Å². The van der Waals surface area contributed by atoms with E-state index in [1.54, 1.807) is 12.1 Å². The minimum Gasteiger partial charge on any atom is -0.493 e. The summed E-state index contributed by atoms with van der Waals surface area (Å²) in [6, 6.07) is 3.34. The van der Waals surface area contributed by atoms with E-state index < -0.39 is 0 Å². The Kier molecular flexibility index (Phi) is 8.47. The number of nitrogens with one attached hydrogen (secondary N) is 1. The van der Waals surface area contributed by atoms with Gasteiger partial charge < -0.3 is 34.1 Å². The van der Waals surface area contributed by atoms with Gasteiger partial charge >= 0.3 is 0 Å². The van der Waals surface area contributed by atoms with Gasteiger partial charge in [-0.15, -0.1) is 0 Å². The van der Waals surface area contributed by atoms with Gasteiger partial charge in [-0.3, -0.25) is 4.79 Å². The van der Waals surface area contributed by atoms with Crippen molar-refractivity contribution in [2.45, 2.75) is 6.42 Å². The Balaban J connectivity index is 1.72. The molecule has 27 heavy (non-hydrogen) atoms. The Morgan fingerprint density at radius 2 is 1.67 bits per heavy atom. The Labute approximate surface area is 161 Å². The second-order valence-corrected chi connectivity index (χ2v) is 6.50. The first-order valence-electron chi connectivity index (χ1n) is 9.17. The molecule has 0 spiro atoms. The number of hydrogen-bond donors (Lipinski definition) is 1. The molecule has 1 aromatic rings. The summed E-state index contributed by atoms with van der Waals surface area (Å²) in [6.45, 7) is 5.98. The molecule has 0 saturated carbocycles. The molecule has 0 bridgehead atoms. The van der Waals surface area contributed by atoms with E-state index in [9.17, 15) is 4.79 Å². The molecule has 0 atom stereocenters. The van der Waals surface area contributed by atoms with Gasteiger partial charge in [-0.2, -0.15) is 0 Å². The number of hydrogen-bond acceptors (Lipinski definition) is 7. The highest BCUT2D eigenvalue weighted by atomic mass is 16.5. The predicted octanol–water partition coefficient (Wildman–Crippen LogP) is 0.845. The van der Waals surface area contributed by atoms with Crippen molar-refractivity contribution in [2.24, 2.45) is 0 Å². The average Bonchev–Trinajstić information content (AvgIpc) is 2.70. The molecule has 1 aromatic carbocycles. The zero-order valence-corrected chi connectivity index (χ0v) is 16.7. The Hall–Kier alpha value is -2.19. The van der Waals surface area contributed by atoms with Gasteiger partial charge in [-0.05, 0) is 20.0 Å². The highest BCUT2D eigenvalue weighted by Crippen LogP contribution is 2.40. The topological polar surface area (TPSA) is 72.5 Å². The lowest BCUT2D eigenvalue weighted by Crippen LogP contribution is -2.45. The van der Waals surface area contributed by atoms with Crippen LogP contribution in [0.15, 0.2) is 12.1 Å². The minimum absolute atomic E-state index is 0.0624. The van der Waals surface area contributed by atoms with Crippen LogP contribution in [0.3, 0.4) is 0 Å². The Morgan fingerprint density at radius 3 is 2.22 bits per heavy atom. The average molecular weight is 381 g/mol. The number of ether oxygens (including phenoxy) is 4. The second-order valence-electron chi connectivity index (χ2n) is 6.50. The summed E-state index contributed by atoms with van der Waals surface area (Å²) in [5.41, 5.74) is 0. The number of benzene rings is 1. The maximum atomic E-state index is 12.0. The Bertz CT molecular complexity index is 578. The van der Waals surface area contributed by atoms with Gasteiger partial charge in [0.25, 0.3) is 5.91 Å². The van der Waals surface area contributed by atoms with Crippen molar-refractivity contribution in [3.8, 4) is 23.0 Å². The number of amides is 1. The smallest absolute Gasteiger partial charge is 0.257 e. The highest BCUT2D eigenvalue weighted by molar-refractivity contribution is 5.77. The second kappa shape index (κ2) is 10.8. The number of likely N-dealkylation sites (N-methyl/N-ethyl adjacent to an activating group) is 1. The SMILES string of the molecule is COc1cc(OCC(=O)NCCCN2CCN(C)CC2)cc(OC)c1OC. The van der Waals surface area contributed by atoms with E-state index in [0.29, 0.717) is 29.5 Å². The molecule has 1 aliphatic rings. The predicted molar refractivity (Wildman–Crippen MR) is 103 cm³/mol. The van der Waals surface area contributed by atoms with Crippen LogP contribution in [-0.2, 0) is 4.79 Å². The molecule has 0 unspecified atom stereocenters. The van der Waals surface area contributed by atoms with E-state index in [-0.39, 0.29) is 12.5 Å². The van der Waals surface area contributed by atoms with Crippen LogP contribution in [0.2, 0.25) is 0 Å². The number of piperazine rings is 1. The molecule has 0 aliphatic carbocycles. The summed E-state index contributed by atoms with van der Waals surface area (Å²) in [7, 11) is 6.75. The van der Waals surface area contributed by atoms with E-state index in [0.717, 1.165) is 39.1 Å². The molecule has 2 rings (SSSR count). The number of rotatable bonds is 10. The maximum Gasteiger partial charge on any atom is 0.257 e. The van der Waals surface area contributed by atoms with Crippen LogP contribution in [0.4, 0.5) is 0 Å². The van der Waals surface area contributed by atoms with Crippen molar-refractivity contribution in [2.75, 3.05) is 74.3 Å². The zero-order valence-electron chi connectivity index (χ0n) is 16.7. The maximum absolute atomic E-state index is 12.0. The molecule has 1 saturated heterocycles.